The Morgan fingerprint density at radius 1 is 1.40 bits per heavy atom. The Balaban J connectivity index is 2.12. The number of anilines is 1. The minimum Gasteiger partial charge on any atom is -0.363 e. The molecular weight excluding hydrogens is 218 g/mol. The second-order valence-electron chi connectivity index (χ2n) is 2.82. The predicted molar refractivity (Wildman–Crippen MR) is 55.8 cm³/mol. The smallest absolute Gasteiger partial charge is 0.271 e. The van der Waals surface area contributed by atoms with Crippen molar-refractivity contribution in [1.29, 1.82) is 0 Å². The first kappa shape index (κ1) is 9.72. The maximum absolute atomic E-state index is 11.1. The van der Waals surface area contributed by atoms with Crippen molar-refractivity contribution in [2.24, 2.45) is 0 Å². The van der Waals surface area contributed by atoms with E-state index in [-0.39, 0.29) is 10.6 Å². The molecule has 0 aliphatic rings. The van der Waals surface area contributed by atoms with Crippen LogP contribution in [0.15, 0.2) is 23.6 Å². The van der Waals surface area contributed by atoms with Gasteiger partial charge in [-0.1, -0.05) is 11.6 Å². The van der Waals surface area contributed by atoms with Crippen LogP contribution in [0.1, 0.15) is 5.69 Å². The van der Waals surface area contributed by atoms with Crippen molar-refractivity contribution in [3.05, 3.63) is 39.9 Å². The minimum absolute atomic E-state index is 0.0528. The van der Waals surface area contributed by atoms with Crippen LogP contribution in [-0.2, 0) is 6.54 Å². The molecule has 0 fully saturated rings. The average molecular weight is 226 g/mol. The topological polar surface area (TPSA) is 86.5 Å². The van der Waals surface area contributed by atoms with E-state index in [4.69, 9.17) is 11.6 Å². The van der Waals surface area contributed by atoms with Gasteiger partial charge >= 0.3 is 0 Å². The van der Waals surface area contributed by atoms with Crippen LogP contribution >= 0.6 is 11.6 Å². The molecule has 0 atom stereocenters. The first-order valence-corrected chi connectivity index (χ1v) is 4.59. The van der Waals surface area contributed by atoms with Gasteiger partial charge in [0.15, 0.2) is 5.82 Å². The fourth-order valence-corrected chi connectivity index (χ4v) is 1.24. The maximum atomic E-state index is 11.1. The van der Waals surface area contributed by atoms with Crippen molar-refractivity contribution in [2.45, 2.75) is 6.54 Å². The number of hydrogen-bond acceptors (Lipinski definition) is 4. The normalized spacial score (nSPS) is 10.2. The van der Waals surface area contributed by atoms with Gasteiger partial charge in [-0.2, -0.15) is 0 Å². The third kappa shape index (κ3) is 2.16. The molecule has 2 heterocycles. The summed E-state index contributed by atoms with van der Waals surface area (Å²) in [5.41, 5.74) is 0.520. The van der Waals surface area contributed by atoms with Gasteiger partial charge in [-0.15, -0.1) is 0 Å². The molecule has 0 aliphatic heterocycles. The lowest BCUT2D eigenvalue weighted by atomic mass is 10.4. The van der Waals surface area contributed by atoms with Gasteiger partial charge in [0.05, 0.1) is 24.9 Å². The van der Waals surface area contributed by atoms with Gasteiger partial charge in [-0.25, -0.2) is 9.97 Å². The Bertz CT molecular complexity index is 492. The molecule has 3 N–H and O–H groups in total. The molecule has 15 heavy (non-hydrogen) atoms. The number of nitrogens with zero attached hydrogens (tertiary/aromatic N) is 2. The highest BCUT2D eigenvalue weighted by atomic mass is 35.5. The van der Waals surface area contributed by atoms with Crippen molar-refractivity contribution >= 4 is 17.4 Å². The van der Waals surface area contributed by atoms with Crippen LogP contribution < -0.4 is 10.9 Å². The summed E-state index contributed by atoms with van der Waals surface area (Å²) in [4.78, 5) is 24.2. The van der Waals surface area contributed by atoms with Gasteiger partial charge in [0.25, 0.3) is 5.56 Å². The first-order chi connectivity index (χ1) is 7.27. The molecule has 0 unspecified atom stereocenters. The van der Waals surface area contributed by atoms with E-state index >= 15 is 0 Å². The highest BCUT2D eigenvalue weighted by Crippen LogP contribution is 2.12. The van der Waals surface area contributed by atoms with E-state index in [1.165, 1.54) is 6.33 Å². The third-order valence-corrected chi connectivity index (χ3v) is 2.15. The molecule has 0 aromatic carbocycles. The summed E-state index contributed by atoms with van der Waals surface area (Å²) < 4.78 is 0. The van der Waals surface area contributed by atoms with E-state index < -0.39 is 0 Å². The molecule has 2 aromatic heterocycles. The van der Waals surface area contributed by atoms with E-state index in [0.29, 0.717) is 12.4 Å². The minimum atomic E-state index is -0.362. The Morgan fingerprint density at radius 2 is 2.27 bits per heavy atom. The molecule has 0 amide bonds. The van der Waals surface area contributed by atoms with Crippen molar-refractivity contribution in [2.75, 3.05) is 5.32 Å². The number of hydrogen-bond donors (Lipinski definition) is 3. The molecule has 6 nitrogen and oxygen atoms in total. The number of aromatic amines is 2. The van der Waals surface area contributed by atoms with E-state index in [0.717, 1.165) is 5.69 Å². The lowest BCUT2D eigenvalue weighted by Gasteiger charge is -2.03. The fourth-order valence-electron chi connectivity index (χ4n) is 1.07. The maximum Gasteiger partial charge on any atom is 0.271 e. The summed E-state index contributed by atoms with van der Waals surface area (Å²) in [5.74, 6) is 0.356. The first-order valence-electron chi connectivity index (χ1n) is 4.21. The number of rotatable bonds is 3. The summed E-state index contributed by atoms with van der Waals surface area (Å²) >= 11 is 5.74. The SMILES string of the molecule is O=c1[nH]cnc(NCc2cnc[nH]2)c1Cl. The Morgan fingerprint density at radius 3 is 3.00 bits per heavy atom. The van der Waals surface area contributed by atoms with Gasteiger partial charge in [0, 0.05) is 6.20 Å². The number of H-pyrrole nitrogens is 2. The van der Waals surface area contributed by atoms with E-state index in [1.807, 2.05) is 0 Å². The highest BCUT2D eigenvalue weighted by molar-refractivity contribution is 6.32. The van der Waals surface area contributed by atoms with Crippen molar-refractivity contribution in [1.82, 2.24) is 19.9 Å². The summed E-state index contributed by atoms with van der Waals surface area (Å²) in [5, 5.41) is 2.97. The summed E-state index contributed by atoms with van der Waals surface area (Å²) in [6, 6.07) is 0. The van der Waals surface area contributed by atoms with Crippen LogP contribution in [0.5, 0.6) is 0 Å². The molecular formula is C8H8ClN5O. The Kier molecular flexibility index (Phi) is 2.68. The second kappa shape index (κ2) is 4.14. The van der Waals surface area contributed by atoms with Gasteiger partial charge in [0.2, 0.25) is 0 Å². The summed E-state index contributed by atoms with van der Waals surface area (Å²) in [6.07, 6.45) is 4.54. The molecule has 0 spiro atoms. The van der Waals surface area contributed by atoms with E-state index in [9.17, 15) is 4.79 Å². The molecule has 0 saturated heterocycles. The van der Waals surface area contributed by atoms with Gasteiger partial charge in [0.1, 0.15) is 5.02 Å². The molecule has 0 aliphatic carbocycles. The van der Waals surface area contributed by atoms with Crippen molar-refractivity contribution < 1.29 is 0 Å². The number of imidazole rings is 1. The molecule has 0 saturated carbocycles. The molecule has 7 heteroatoms. The van der Waals surface area contributed by atoms with Crippen LogP contribution in [-0.4, -0.2) is 19.9 Å². The molecule has 2 aromatic rings. The molecule has 0 radical (unpaired) electrons. The monoisotopic (exact) mass is 225 g/mol. The molecule has 0 bridgehead atoms. The predicted octanol–water partition coefficient (Wildman–Crippen LogP) is 0.758. The van der Waals surface area contributed by atoms with Crippen LogP contribution in [0.4, 0.5) is 5.82 Å². The van der Waals surface area contributed by atoms with E-state index in [2.05, 4.69) is 25.3 Å². The Labute approximate surface area is 89.7 Å². The van der Waals surface area contributed by atoms with Crippen LogP contribution in [0.25, 0.3) is 0 Å². The Hall–Kier alpha value is -1.82. The number of aromatic nitrogens is 4. The van der Waals surface area contributed by atoms with Crippen LogP contribution in [0.3, 0.4) is 0 Å². The van der Waals surface area contributed by atoms with Gasteiger partial charge in [-0.3, -0.25) is 4.79 Å². The lowest BCUT2D eigenvalue weighted by molar-refractivity contribution is 1.03. The lowest BCUT2D eigenvalue weighted by Crippen LogP contribution is -2.11. The zero-order valence-electron chi connectivity index (χ0n) is 7.62. The summed E-state index contributed by atoms with van der Waals surface area (Å²) in [7, 11) is 0. The fraction of sp³-hybridized carbons (Fsp3) is 0.125. The zero-order chi connectivity index (χ0) is 10.7. The second-order valence-corrected chi connectivity index (χ2v) is 3.20. The van der Waals surface area contributed by atoms with Crippen molar-refractivity contribution in [3.63, 3.8) is 0 Å². The zero-order valence-corrected chi connectivity index (χ0v) is 8.38. The summed E-state index contributed by atoms with van der Waals surface area (Å²) in [6.45, 7) is 0.482. The van der Waals surface area contributed by atoms with E-state index in [1.54, 1.807) is 12.5 Å². The average Bonchev–Trinajstić information content (AvgIpc) is 2.73. The van der Waals surface area contributed by atoms with Crippen LogP contribution in [0.2, 0.25) is 5.02 Å². The standard InChI is InChI=1S/C8H8ClN5O/c9-6-7(13-4-14-8(6)15)11-2-5-1-10-3-12-5/h1,3-4H,2H2,(H,10,12)(H2,11,13,14,15). The van der Waals surface area contributed by atoms with Crippen molar-refractivity contribution in [3.8, 4) is 0 Å². The van der Waals surface area contributed by atoms with Gasteiger partial charge < -0.3 is 15.3 Å². The number of nitrogens with one attached hydrogen (secondary N) is 3. The molecule has 78 valence electrons. The van der Waals surface area contributed by atoms with Crippen LogP contribution in [0, 0.1) is 0 Å². The largest absolute Gasteiger partial charge is 0.363 e. The molecule has 2 rings (SSSR count). The highest BCUT2D eigenvalue weighted by Gasteiger charge is 2.04. The van der Waals surface area contributed by atoms with Gasteiger partial charge in [-0.05, 0) is 0 Å². The quantitative estimate of drug-likeness (QED) is 0.720. The number of halogens is 1. The third-order valence-electron chi connectivity index (χ3n) is 1.80.